The zero-order valence-corrected chi connectivity index (χ0v) is 24.4. The number of rotatable bonds is 10. The number of hydrogen-bond acceptors (Lipinski definition) is 4. The number of halogens is 4. The van der Waals surface area contributed by atoms with Gasteiger partial charge in [0.15, 0.2) is 0 Å². The van der Waals surface area contributed by atoms with E-state index in [1.165, 1.54) is 23.1 Å². The van der Waals surface area contributed by atoms with Crippen LogP contribution in [0.5, 0.6) is 0 Å². The number of anilines is 1. The third-order valence-electron chi connectivity index (χ3n) is 6.31. The number of benzene rings is 2. The van der Waals surface area contributed by atoms with E-state index in [0.717, 1.165) is 36.2 Å². The SMILES string of the molecule is CCC(C(=O)NC1CCCC1)N(Cc1ccc(Cl)cc1Cl)C(=O)CN(c1ccc(Cl)c(Cl)c1)S(C)(=O)=O. The van der Waals surface area contributed by atoms with Crippen LogP contribution >= 0.6 is 46.4 Å². The van der Waals surface area contributed by atoms with E-state index in [1.807, 2.05) is 0 Å². The largest absolute Gasteiger partial charge is 0.352 e. The van der Waals surface area contributed by atoms with Crippen molar-refractivity contribution in [2.75, 3.05) is 17.1 Å². The van der Waals surface area contributed by atoms with Gasteiger partial charge in [0.1, 0.15) is 12.6 Å². The molecule has 37 heavy (non-hydrogen) atoms. The second-order valence-corrected chi connectivity index (χ2v) is 12.6. The van der Waals surface area contributed by atoms with Gasteiger partial charge in [0.25, 0.3) is 0 Å². The van der Waals surface area contributed by atoms with Gasteiger partial charge in [-0.25, -0.2) is 8.42 Å². The van der Waals surface area contributed by atoms with Crippen LogP contribution in [0.1, 0.15) is 44.6 Å². The molecule has 3 rings (SSSR count). The summed E-state index contributed by atoms with van der Waals surface area (Å²) in [5, 5.41) is 4.21. The molecule has 0 heterocycles. The summed E-state index contributed by atoms with van der Waals surface area (Å²) in [6.07, 6.45) is 5.17. The smallest absolute Gasteiger partial charge is 0.244 e. The summed E-state index contributed by atoms with van der Waals surface area (Å²) in [6, 6.07) is 8.39. The van der Waals surface area contributed by atoms with Crippen molar-refractivity contribution in [1.82, 2.24) is 10.2 Å². The molecule has 1 fully saturated rings. The lowest BCUT2D eigenvalue weighted by Gasteiger charge is -2.33. The second kappa shape index (κ2) is 12.9. The third-order valence-corrected chi connectivity index (χ3v) is 8.78. The molecule has 12 heteroatoms. The predicted octanol–water partition coefficient (Wildman–Crippen LogP) is 5.93. The number of carbonyl (C=O) groups excluding carboxylic acids is 2. The van der Waals surface area contributed by atoms with Gasteiger partial charge >= 0.3 is 0 Å². The lowest BCUT2D eigenvalue weighted by atomic mass is 10.1. The van der Waals surface area contributed by atoms with E-state index in [4.69, 9.17) is 46.4 Å². The maximum absolute atomic E-state index is 13.8. The molecule has 0 saturated heterocycles. The number of hydrogen-bond donors (Lipinski definition) is 1. The first-order valence-corrected chi connectivity index (χ1v) is 15.2. The third kappa shape index (κ3) is 7.90. The van der Waals surface area contributed by atoms with Crippen LogP contribution < -0.4 is 9.62 Å². The first kappa shape index (κ1) is 29.8. The average molecular weight is 609 g/mol. The molecule has 2 aromatic carbocycles. The molecule has 7 nitrogen and oxygen atoms in total. The summed E-state index contributed by atoms with van der Waals surface area (Å²) in [4.78, 5) is 28.4. The van der Waals surface area contributed by atoms with Crippen LogP contribution in [0.2, 0.25) is 20.1 Å². The van der Waals surface area contributed by atoms with Crippen molar-refractivity contribution in [2.45, 2.75) is 57.7 Å². The highest BCUT2D eigenvalue weighted by Crippen LogP contribution is 2.29. The highest BCUT2D eigenvalue weighted by molar-refractivity contribution is 7.92. The quantitative estimate of drug-likeness (QED) is 0.362. The average Bonchev–Trinajstić information content (AvgIpc) is 3.32. The lowest BCUT2D eigenvalue weighted by molar-refractivity contribution is -0.140. The van der Waals surface area contributed by atoms with Gasteiger partial charge in [0, 0.05) is 22.6 Å². The van der Waals surface area contributed by atoms with Gasteiger partial charge in [-0.05, 0) is 55.2 Å². The second-order valence-electron chi connectivity index (χ2n) is 9.04. The molecule has 2 amide bonds. The first-order chi connectivity index (χ1) is 17.4. The first-order valence-electron chi connectivity index (χ1n) is 11.9. The van der Waals surface area contributed by atoms with Gasteiger partial charge < -0.3 is 10.2 Å². The van der Waals surface area contributed by atoms with Gasteiger partial charge in [0.05, 0.1) is 22.0 Å². The molecule has 1 N–H and O–H groups in total. The molecule has 1 atom stereocenters. The van der Waals surface area contributed by atoms with E-state index in [0.29, 0.717) is 22.0 Å². The van der Waals surface area contributed by atoms with Crippen molar-refractivity contribution in [1.29, 1.82) is 0 Å². The van der Waals surface area contributed by atoms with Crippen LogP contribution in [0.4, 0.5) is 5.69 Å². The Morgan fingerprint density at radius 1 is 1.00 bits per heavy atom. The van der Waals surface area contributed by atoms with Crippen molar-refractivity contribution < 1.29 is 18.0 Å². The summed E-state index contributed by atoms with van der Waals surface area (Å²) in [5.74, 6) is -0.857. The van der Waals surface area contributed by atoms with Crippen LogP contribution in [-0.2, 0) is 26.2 Å². The highest BCUT2D eigenvalue weighted by Gasteiger charge is 2.33. The van der Waals surface area contributed by atoms with Crippen molar-refractivity contribution in [2.24, 2.45) is 0 Å². The molecule has 0 aliphatic heterocycles. The minimum absolute atomic E-state index is 0.00952. The molecule has 0 radical (unpaired) electrons. The Bertz CT molecular complexity index is 1250. The normalized spacial score (nSPS) is 14.9. The Hall–Kier alpha value is -1.71. The molecule has 1 aliphatic rings. The van der Waals surface area contributed by atoms with Gasteiger partial charge in [0.2, 0.25) is 21.8 Å². The number of sulfonamides is 1. The van der Waals surface area contributed by atoms with E-state index in [2.05, 4.69) is 5.32 Å². The molecule has 0 spiro atoms. The standard InChI is InChI=1S/C25H29Cl4N3O4S/c1-3-23(25(34)30-18-6-4-5-7-18)31(14-16-8-9-17(26)12-21(16)28)24(33)15-32(37(2,35)36)19-10-11-20(27)22(29)13-19/h8-13,18,23H,3-7,14-15H2,1-2H3,(H,30,34). The fourth-order valence-corrected chi connectivity index (χ4v) is 5.98. The van der Waals surface area contributed by atoms with Crippen LogP contribution in [0.3, 0.4) is 0 Å². The topological polar surface area (TPSA) is 86.8 Å². The summed E-state index contributed by atoms with van der Waals surface area (Å²) in [5.41, 5.74) is 0.755. The van der Waals surface area contributed by atoms with Crippen molar-refractivity contribution in [3.05, 3.63) is 62.1 Å². The maximum atomic E-state index is 13.8. The fourth-order valence-electron chi connectivity index (χ4n) is 4.37. The molecule has 1 aliphatic carbocycles. The van der Waals surface area contributed by atoms with Crippen molar-refractivity contribution >= 4 is 73.9 Å². The Morgan fingerprint density at radius 3 is 2.24 bits per heavy atom. The maximum Gasteiger partial charge on any atom is 0.244 e. The van der Waals surface area contributed by atoms with Crippen molar-refractivity contribution in [3.8, 4) is 0 Å². The number of nitrogens with zero attached hydrogens (tertiary/aromatic N) is 2. The summed E-state index contributed by atoms with van der Waals surface area (Å²) in [6.45, 7) is 1.25. The zero-order valence-electron chi connectivity index (χ0n) is 20.5. The summed E-state index contributed by atoms with van der Waals surface area (Å²) >= 11 is 24.5. The van der Waals surface area contributed by atoms with Gasteiger partial charge in [-0.2, -0.15) is 0 Å². The van der Waals surface area contributed by atoms with Gasteiger partial charge in [-0.15, -0.1) is 0 Å². The molecular weight excluding hydrogens is 580 g/mol. The fraction of sp³-hybridized carbons (Fsp3) is 0.440. The minimum Gasteiger partial charge on any atom is -0.352 e. The number of amides is 2. The van der Waals surface area contributed by atoms with Gasteiger partial charge in [-0.1, -0.05) is 72.2 Å². The monoisotopic (exact) mass is 607 g/mol. The molecular formula is C25H29Cl4N3O4S. The van der Waals surface area contributed by atoms with Gasteiger partial charge in [-0.3, -0.25) is 13.9 Å². The predicted molar refractivity (Wildman–Crippen MR) is 150 cm³/mol. The lowest BCUT2D eigenvalue weighted by Crippen LogP contribution is -2.53. The number of nitrogens with one attached hydrogen (secondary N) is 1. The molecule has 0 bridgehead atoms. The molecule has 1 saturated carbocycles. The van der Waals surface area contributed by atoms with Crippen LogP contribution in [0.15, 0.2) is 36.4 Å². The number of carbonyl (C=O) groups is 2. The van der Waals surface area contributed by atoms with Crippen molar-refractivity contribution in [3.63, 3.8) is 0 Å². The van der Waals surface area contributed by atoms with E-state index in [-0.39, 0.29) is 34.2 Å². The van der Waals surface area contributed by atoms with E-state index in [1.54, 1.807) is 25.1 Å². The van der Waals surface area contributed by atoms with Crippen LogP contribution in [0.25, 0.3) is 0 Å². The molecule has 1 unspecified atom stereocenters. The van der Waals surface area contributed by atoms with E-state index < -0.39 is 28.5 Å². The molecule has 2 aromatic rings. The molecule has 0 aromatic heterocycles. The van der Waals surface area contributed by atoms with E-state index >= 15 is 0 Å². The Labute approximate surface area is 238 Å². The zero-order chi connectivity index (χ0) is 27.3. The van der Waals surface area contributed by atoms with E-state index in [9.17, 15) is 18.0 Å². The summed E-state index contributed by atoms with van der Waals surface area (Å²) < 4.78 is 26.3. The summed E-state index contributed by atoms with van der Waals surface area (Å²) in [7, 11) is -3.89. The van der Waals surface area contributed by atoms with Crippen LogP contribution in [0, 0.1) is 0 Å². The Kier molecular flexibility index (Phi) is 10.4. The minimum atomic E-state index is -3.89. The Morgan fingerprint density at radius 2 is 1.68 bits per heavy atom. The molecule has 202 valence electrons. The Balaban J connectivity index is 1.96. The van der Waals surface area contributed by atoms with Crippen LogP contribution in [-0.4, -0.2) is 50.0 Å². The highest BCUT2D eigenvalue weighted by atomic mass is 35.5.